The monoisotopic (exact) mass is 174 g/mol. The predicted octanol–water partition coefficient (Wildman–Crippen LogP) is 0.912. The summed E-state index contributed by atoms with van der Waals surface area (Å²) in [5.41, 5.74) is 1.12. The van der Waals surface area contributed by atoms with Crippen molar-refractivity contribution in [2.24, 2.45) is 14.1 Å². The molecule has 0 aliphatic rings. The van der Waals surface area contributed by atoms with E-state index in [1.165, 1.54) is 0 Å². The van der Waals surface area contributed by atoms with Gasteiger partial charge in [0.05, 0.1) is 0 Å². The van der Waals surface area contributed by atoms with Crippen molar-refractivity contribution in [3.63, 3.8) is 0 Å². The minimum absolute atomic E-state index is 0.989. The lowest BCUT2D eigenvalue weighted by molar-refractivity contribution is -0.660. The molecule has 2 aromatic rings. The molecule has 0 saturated heterocycles. The fraction of sp³-hybridized carbons (Fsp3) is 0.200. The van der Waals surface area contributed by atoms with Crippen LogP contribution in [-0.2, 0) is 14.1 Å². The third kappa shape index (κ3) is 1.33. The van der Waals surface area contributed by atoms with Gasteiger partial charge in [0.2, 0.25) is 11.5 Å². The Morgan fingerprint density at radius 1 is 1.38 bits per heavy atom. The molecule has 0 spiro atoms. The summed E-state index contributed by atoms with van der Waals surface area (Å²) in [7, 11) is 4.01. The molecule has 3 nitrogen and oxygen atoms in total. The van der Waals surface area contributed by atoms with E-state index in [1.807, 2.05) is 49.4 Å². The van der Waals surface area contributed by atoms with E-state index >= 15 is 0 Å². The van der Waals surface area contributed by atoms with Gasteiger partial charge in [-0.25, -0.2) is 4.98 Å². The van der Waals surface area contributed by atoms with Gasteiger partial charge in [0.15, 0.2) is 6.20 Å². The molecule has 0 fully saturated rings. The molecule has 2 aromatic heterocycles. The zero-order valence-corrected chi connectivity index (χ0v) is 7.81. The lowest BCUT2D eigenvalue weighted by Gasteiger charge is -1.98. The molecule has 3 heteroatoms. The summed E-state index contributed by atoms with van der Waals surface area (Å²) >= 11 is 0. The highest BCUT2D eigenvalue weighted by Gasteiger charge is 2.11. The van der Waals surface area contributed by atoms with Crippen molar-refractivity contribution in [1.82, 2.24) is 9.55 Å². The van der Waals surface area contributed by atoms with Crippen LogP contribution in [-0.4, -0.2) is 9.55 Å². The highest BCUT2D eigenvalue weighted by molar-refractivity contribution is 5.44. The van der Waals surface area contributed by atoms with Crippen LogP contribution in [0.2, 0.25) is 0 Å². The maximum atomic E-state index is 4.29. The molecule has 0 aromatic carbocycles. The molecule has 0 saturated carbocycles. The first kappa shape index (κ1) is 7.98. The second-order valence-corrected chi connectivity index (χ2v) is 3.06. The third-order valence-electron chi connectivity index (χ3n) is 2.11. The molecule has 0 aliphatic heterocycles. The van der Waals surface area contributed by atoms with Gasteiger partial charge in [-0.05, 0) is 6.07 Å². The average molecular weight is 174 g/mol. The third-order valence-corrected chi connectivity index (χ3v) is 2.11. The van der Waals surface area contributed by atoms with Crippen LogP contribution in [0.3, 0.4) is 0 Å². The Bertz CT molecular complexity index is 418. The van der Waals surface area contributed by atoms with Crippen LogP contribution in [0.5, 0.6) is 0 Å². The number of aryl methyl sites for hydroxylation is 2. The molecule has 2 heterocycles. The molecule has 66 valence electrons. The normalized spacial score (nSPS) is 10.3. The molecular formula is C10H12N3+. The Morgan fingerprint density at radius 2 is 2.23 bits per heavy atom. The smallest absolute Gasteiger partial charge is 0.248 e. The minimum Gasteiger partial charge on any atom is -0.329 e. The van der Waals surface area contributed by atoms with E-state index in [0.29, 0.717) is 0 Å². The van der Waals surface area contributed by atoms with Gasteiger partial charge in [-0.3, -0.25) is 0 Å². The van der Waals surface area contributed by atoms with Gasteiger partial charge in [0.25, 0.3) is 0 Å². The van der Waals surface area contributed by atoms with Crippen LogP contribution in [0.25, 0.3) is 11.5 Å². The summed E-state index contributed by atoms with van der Waals surface area (Å²) in [6, 6.07) is 6.08. The summed E-state index contributed by atoms with van der Waals surface area (Å²) in [4.78, 5) is 4.29. The Balaban J connectivity index is 2.59. The standard InChI is InChI=1S/C10H12N3/c1-12-7-4-3-5-9(12)10-11-6-8-13(10)2/h3-8H,1-2H3/q+1. The number of hydrogen-bond acceptors (Lipinski definition) is 1. The van der Waals surface area contributed by atoms with Crippen molar-refractivity contribution >= 4 is 0 Å². The van der Waals surface area contributed by atoms with E-state index in [0.717, 1.165) is 11.5 Å². The average Bonchev–Trinajstić information content (AvgIpc) is 2.52. The van der Waals surface area contributed by atoms with Crippen LogP contribution < -0.4 is 4.57 Å². The second kappa shape index (κ2) is 3.01. The fourth-order valence-electron chi connectivity index (χ4n) is 1.37. The van der Waals surface area contributed by atoms with E-state index in [9.17, 15) is 0 Å². The van der Waals surface area contributed by atoms with Crippen molar-refractivity contribution in [2.45, 2.75) is 0 Å². The minimum atomic E-state index is 0.989. The van der Waals surface area contributed by atoms with Gasteiger partial charge in [-0.15, -0.1) is 0 Å². The van der Waals surface area contributed by atoms with E-state index in [2.05, 4.69) is 15.6 Å². The van der Waals surface area contributed by atoms with Gasteiger partial charge >= 0.3 is 0 Å². The molecule has 0 aliphatic carbocycles. The lowest BCUT2D eigenvalue weighted by atomic mass is 10.3. The zero-order valence-electron chi connectivity index (χ0n) is 7.81. The zero-order chi connectivity index (χ0) is 9.26. The van der Waals surface area contributed by atoms with Gasteiger partial charge < -0.3 is 4.57 Å². The lowest BCUT2D eigenvalue weighted by Crippen LogP contribution is -2.30. The van der Waals surface area contributed by atoms with Crippen molar-refractivity contribution in [3.05, 3.63) is 36.8 Å². The Hall–Kier alpha value is -1.64. The maximum Gasteiger partial charge on any atom is 0.248 e. The number of nitrogens with zero attached hydrogens (tertiary/aromatic N) is 3. The van der Waals surface area contributed by atoms with E-state index in [1.54, 1.807) is 0 Å². The van der Waals surface area contributed by atoms with Crippen molar-refractivity contribution in [2.75, 3.05) is 0 Å². The van der Waals surface area contributed by atoms with Crippen LogP contribution >= 0.6 is 0 Å². The first-order valence-corrected chi connectivity index (χ1v) is 4.21. The van der Waals surface area contributed by atoms with Gasteiger partial charge in [0.1, 0.15) is 7.05 Å². The highest BCUT2D eigenvalue weighted by atomic mass is 15.1. The predicted molar refractivity (Wildman–Crippen MR) is 49.8 cm³/mol. The van der Waals surface area contributed by atoms with Gasteiger partial charge in [-0.1, -0.05) is 0 Å². The number of hydrogen-bond donors (Lipinski definition) is 0. The summed E-state index contributed by atoms with van der Waals surface area (Å²) in [6.07, 6.45) is 5.77. The summed E-state index contributed by atoms with van der Waals surface area (Å²) in [6.45, 7) is 0. The molecule has 0 bridgehead atoms. The van der Waals surface area contributed by atoms with Crippen LogP contribution in [0.4, 0.5) is 0 Å². The number of imidazole rings is 1. The molecule has 0 N–H and O–H groups in total. The van der Waals surface area contributed by atoms with Crippen LogP contribution in [0.15, 0.2) is 36.8 Å². The Labute approximate surface area is 77.3 Å². The largest absolute Gasteiger partial charge is 0.329 e. The second-order valence-electron chi connectivity index (χ2n) is 3.06. The van der Waals surface area contributed by atoms with Crippen LogP contribution in [0, 0.1) is 0 Å². The van der Waals surface area contributed by atoms with Gasteiger partial charge in [0, 0.05) is 31.6 Å². The summed E-state index contributed by atoms with van der Waals surface area (Å²) in [5.74, 6) is 0.989. The Kier molecular flexibility index (Phi) is 1.85. The molecule has 2 rings (SSSR count). The van der Waals surface area contributed by atoms with Crippen LogP contribution in [0.1, 0.15) is 0 Å². The molecule has 13 heavy (non-hydrogen) atoms. The molecular weight excluding hydrogens is 162 g/mol. The van der Waals surface area contributed by atoms with E-state index in [4.69, 9.17) is 0 Å². The SMILES string of the molecule is Cn1ccnc1-c1cccc[n+]1C. The fourth-order valence-corrected chi connectivity index (χ4v) is 1.37. The molecule has 0 radical (unpaired) electrons. The maximum absolute atomic E-state index is 4.29. The summed E-state index contributed by atoms with van der Waals surface area (Å²) in [5, 5.41) is 0. The van der Waals surface area contributed by atoms with Crippen molar-refractivity contribution < 1.29 is 4.57 Å². The topological polar surface area (TPSA) is 21.7 Å². The van der Waals surface area contributed by atoms with E-state index in [-0.39, 0.29) is 0 Å². The van der Waals surface area contributed by atoms with Crippen molar-refractivity contribution in [1.29, 1.82) is 0 Å². The first-order chi connectivity index (χ1) is 6.29. The van der Waals surface area contributed by atoms with Gasteiger partial charge in [-0.2, -0.15) is 4.57 Å². The van der Waals surface area contributed by atoms with E-state index < -0.39 is 0 Å². The first-order valence-electron chi connectivity index (χ1n) is 4.21. The molecule has 0 atom stereocenters. The molecule has 0 amide bonds. The number of rotatable bonds is 1. The van der Waals surface area contributed by atoms with Crippen molar-refractivity contribution in [3.8, 4) is 11.5 Å². The quantitative estimate of drug-likeness (QED) is 0.589. The Morgan fingerprint density at radius 3 is 2.85 bits per heavy atom. The summed E-state index contributed by atoms with van der Waals surface area (Å²) < 4.78 is 4.07. The number of pyridine rings is 1. The highest BCUT2D eigenvalue weighted by Crippen LogP contribution is 2.09. The number of aromatic nitrogens is 3. The molecule has 0 unspecified atom stereocenters.